The number of amides is 1. The van der Waals surface area contributed by atoms with Gasteiger partial charge in [0.2, 0.25) is 0 Å². The zero-order chi connectivity index (χ0) is 23.9. The molecule has 1 aliphatic heterocycles. The van der Waals surface area contributed by atoms with Crippen LogP contribution in [0.2, 0.25) is 5.02 Å². The van der Waals surface area contributed by atoms with Gasteiger partial charge in [-0.2, -0.15) is 0 Å². The first-order valence-electron chi connectivity index (χ1n) is 11.9. The first-order valence-corrected chi connectivity index (χ1v) is 13.1. The summed E-state index contributed by atoms with van der Waals surface area (Å²) in [4.78, 5) is 22.5. The van der Waals surface area contributed by atoms with Gasteiger partial charge in [0, 0.05) is 29.1 Å². The van der Waals surface area contributed by atoms with Gasteiger partial charge in [0.25, 0.3) is 5.91 Å². The number of carbonyl (C=O) groups excluding carboxylic acids is 1. The minimum absolute atomic E-state index is 0.00913. The van der Waals surface area contributed by atoms with Crippen molar-refractivity contribution in [2.24, 2.45) is 0 Å². The third-order valence-electron chi connectivity index (χ3n) is 6.37. The zero-order valence-corrected chi connectivity index (χ0v) is 21.5. The predicted molar refractivity (Wildman–Crippen MR) is 139 cm³/mol. The van der Waals surface area contributed by atoms with Gasteiger partial charge < -0.3 is 14.5 Å². The highest BCUT2D eigenvalue weighted by Gasteiger charge is 2.20. The van der Waals surface area contributed by atoms with Crippen molar-refractivity contribution in [3.05, 3.63) is 80.3 Å². The van der Waals surface area contributed by atoms with Crippen molar-refractivity contribution < 1.29 is 9.53 Å². The van der Waals surface area contributed by atoms with Crippen molar-refractivity contribution in [1.29, 1.82) is 0 Å². The fraction of sp³-hybridized carbons (Fsp3) is 0.407. The van der Waals surface area contributed by atoms with Crippen molar-refractivity contribution in [3.63, 3.8) is 0 Å². The molecule has 1 aliphatic rings. The number of carbonyl (C=O) groups is 1. The summed E-state index contributed by atoms with van der Waals surface area (Å²) in [5, 5.41) is 3.57. The van der Waals surface area contributed by atoms with Gasteiger partial charge in [0.05, 0.1) is 12.2 Å². The van der Waals surface area contributed by atoms with Crippen LogP contribution in [0.5, 0.6) is 5.75 Å². The van der Waals surface area contributed by atoms with Gasteiger partial charge in [-0.1, -0.05) is 30.2 Å². The highest BCUT2D eigenvalue weighted by atomic mass is 35.5. The third kappa shape index (κ3) is 6.59. The van der Waals surface area contributed by atoms with Crippen LogP contribution in [0.4, 0.5) is 0 Å². The number of thiazole rings is 1. The van der Waals surface area contributed by atoms with E-state index in [-0.39, 0.29) is 5.91 Å². The van der Waals surface area contributed by atoms with Gasteiger partial charge in [-0.25, -0.2) is 4.98 Å². The molecule has 0 unspecified atom stereocenters. The molecule has 2 heterocycles. The summed E-state index contributed by atoms with van der Waals surface area (Å²) in [6.07, 6.45) is 3.78. The van der Waals surface area contributed by atoms with Gasteiger partial charge in [-0.3, -0.25) is 4.79 Å². The molecule has 4 rings (SSSR count). The molecule has 1 amide bonds. The Balaban J connectivity index is 1.42. The maximum Gasteiger partial charge on any atom is 0.254 e. The molecular weight excluding hydrogens is 466 g/mol. The van der Waals surface area contributed by atoms with Crippen LogP contribution in [0.15, 0.2) is 47.8 Å². The van der Waals surface area contributed by atoms with Crippen molar-refractivity contribution in [3.8, 4) is 5.75 Å². The molecule has 5 nitrogen and oxygen atoms in total. The van der Waals surface area contributed by atoms with Crippen molar-refractivity contribution >= 4 is 28.8 Å². The average molecular weight is 498 g/mol. The van der Waals surface area contributed by atoms with Crippen molar-refractivity contribution in [1.82, 2.24) is 14.8 Å². The lowest BCUT2D eigenvalue weighted by Gasteiger charge is -2.30. The topological polar surface area (TPSA) is 45.7 Å². The smallest absolute Gasteiger partial charge is 0.254 e. The van der Waals surface area contributed by atoms with E-state index in [9.17, 15) is 4.79 Å². The minimum Gasteiger partial charge on any atom is -0.486 e. The SMILES string of the molecule is Cc1cccc(OCc2nc(CN(CCN3CCCCC3)C(=O)c3ccc(Cl)cc3)cs2)c1C. The summed E-state index contributed by atoms with van der Waals surface area (Å²) in [6, 6.07) is 13.2. The Morgan fingerprint density at radius 3 is 2.65 bits per heavy atom. The Bertz CT molecular complexity index is 1090. The number of ether oxygens (including phenoxy) is 1. The molecular formula is C27H32ClN3O2S. The molecule has 1 aromatic heterocycles. The van der Waals surface area contributed by atoms with Crippen LogP contribution in [0.1, 0.15) is 51.4 Å². The van der Waals surface area contributed by atoms with Gasteiger partial charge in [0.1, 0.15) is 17.4 Å². The summed E-state index contributed by atoms with van der Waals surface area (Å²) in [5.74, 6) is 0.896. The quantitative estimate of drug-likeness (QED) is 0.357. The van der Waals surface area contributed by atoms with Gasteiger partial charge >= 0.3 is 0 Å². The van der Waals surface area contributed by atoms with E-state index in [4.69, 9.17) is 21.3 Å². The molecule has 3 aromatic rings. The normalized spacial score (nSPS) is 14.2. The molecule has 0 bridgehead atoms. The Morgan fingerprint density at radius 2 is 1.88 bits per heavy atom. The number of benzene rings is 2. The molecule has 0 radical (unpaired) electrons. The number of hydrogen-bond acceptors (Lipinski definition) is 5. The number of aromatic nitrogens is 1. The molecule has 0 N–H and O–H groups in total. The van der Waals surface area contributed by atoms with E-state index in [1.165, 1.54) is 24.8 Å². The molecule has 34 heavy (non-hydrogen) atoms. The van der Waals surface area contributed by atoms with E-state index in [2.05, 4.69) is 24.8 Å². The number of rotatable bonds is 9. The second-order valence-electron chi connectivity index (χ2n) is 8.86. The van der Waals surface area contributed by atoms with Crippen LogP contribution in [0.3, 0.4) is 0 Å². The fourth-order valence-corrected chi connectivity index (χ4v) is 5.00. The molecule has 0 atom stereocenters. The van der Waals surface area contributed by atoms with Crippen LogP contribution in [0.25, 0.3) is 0 Å². The number of likely N-dealkylation sites (tertiary alicyclic amines) is 1. The second kappa shape index (κ2) is 11.8. The first kappa shape index (κ1) is 24.7. The lowest BCUT2D eigenvalue weighted by atomic mass is 10.1. The molecule has 0 aliphatic carbocycles. The average Bonchev–Trinajstić information content (AvgIpc) is 3.31. The summed E-state index contributed by atoms with van der Waals surface area (Å²) in [5.41, 5.74) is 3.90. The van der Waals surface area contributed by atoms with E-state index < -0.39 is 0 Å². The van der Waals surface area contributed by atoms with E-state index >= 15 is 0 Å². The lowest BCUT2D eigenvalue weighted by Crippen LogP contribution is -2.40. The largest absolute Gasteiger partial charge is 0.486 e. The van der Waals surface area contributed by atoms with Crippen LogP contribution >= 0.6 is 22.9 Å². The van der Waals surface area contributed by atoms with E-state index in [1.54, 1.807) is 35.6 Å². The van der Waals surface area contributed by atoms with Crippen LogP contribution in [0, 0.1) is 13.8 Å². The van der Waals surface area contributed by atoms with Crippen LogP contribution in [-0.4, -0.2) is 46.9 Å². The van der Waals surface area contributed by atoms with Crippen LogP contribution in [-0.2, 0) is 13.2 Å². The van der Waals surface area contributed by atoms with Gasteiger partial charge in [-0.15, -0.1) is 11.3 Å². The molecule has 7 heteroatoms. The zero-order valence-electron chi connectivity index (χ0n) is 19.9. The number of halogens is 1. The maximum absolute atomic E-state index is 13.3. The Labute approximate surface area is 211 Å². The van der Waals surface area contributed by atoms with Gasteiger partial charge in [0.15, 0.2) is 0 Å². The summed E-state index contributed by atoms with van der Waals surface area (Å²) >= 11 is 7.61. The Kier molecular flexibility index (Phi) is 8.59. The third-order valence-corrected chi connectivity index (χ3v) is 7.49. The minimum atomic E-state index is 0.00913. The van der Waals surface area contributed by atoms with Crippen molar-refractivity contribution in [2.75, 3.05) is 26.2 Å². The number of nitrogens with zero attached hydrogens (tertiary/aromatic N) is 3. The summed E-state index contributed by atoms with van der Waals surface area (Å²) in [6.45, 7) is 8.84. The maximum atomic E-state index is 13.3. The van der Waals surface area contributed by atoms with Crippen LogP contribution < -0.4 is 4.74 Å². The molecule has 1 fully saturated rings. The number of hydrogen-bond donors (Lipinski definition) is 0. The Morgan fingerprint density at radius 1 is 1.12 bits per heavy atom. The standard InChI is InChI=1S/C27H32ClN3O2S/c1-20-7-6-8-25(21(20)2)33-18-26-29-24(19-34-26)17-31(16-15-30-13-4-3-5-14-30)27(32)22-9-11-23(28)12-10-22/h6-12,19H,3-5,13-18H2,1-2H3. The molecule has 1 saturated heterocycles. The van der Waals surface area contributed by atoms with Crippen molar-refractivity contribution in [2.45, 2.75) is 46.3 Å². The number of aryl methyl sites for hydroxylation is 1. The van der Waals surface area contributed by atoms with E-state index in [1.807, 2.05) is 22.4 Å². The molecule has 180 valence electrons. The molecule has 0 saturated carbocycles. The first-order chi connectivity index (χ1) is 16.5. The van der Waals surface area contributed by atoms with E-state index in [0.29, 0.717) is 30.3 Å². The second-order valence-corrected chi connectivity index (χ2v) is 10.2. The highest BCUT2D eigenvalue weighted by Crippen LogP contribution is 2.23. The number of piperidine rings is 1. The summed E-state index contributed by atoms with van der Waals surface area (Å²) in [7, 11) is 0. The summed E-state index contributed by atoms with van der Waals surface area (Å²) < 4.78 is 6.02. The Hall–Kier alpha value is -2.41. The van der Waals surface area contributed by atoms with Gasteiger partial charge in [-0.05, 0) is 81.2 Å². The lowest BCUT2D eigenvalue weighted by molar-refractivity contribution is 0.0713. The molecule has 2 aromatic carbocycles. The predicted octanol–water partition coefficient (Wildman–Crippen LogP) is 6.12. The molecule has 0 spiro atoms. The fourth-order valence-electron chi connectivity index (χ4n) is 4.18. The van der Waals surface area contributed by atoms with E-state index in [0.717, 1.165) is 41.6 Å². The monoisotopic (exact) mass is 497 g/mol. The highest BCUT2D eigenvalue weighted by molar-refractivity contribution is 7.09.